The van der Waals surface area contributed by atoms with Gasteiger partial charge in [0.15, 0.2) is 5.96 Å². The van der Waals surface area contributed by atoms with Crippen LogP contribution in [0.5, 0.6) is 0 Å². The number of nitrogens with zero attached hydrogens (tertiary/aromatic N) is 2. The van der Waals surface area contributed by atoms with Gasteiger partial charge in [0.05, 0.1) is 25.3 Å². The molecular formula is C20H27F3N6O. The van der Waals surface area contributed by atoms with Crippen LogP contribution in [0, 0.1) is 0 Å². The Morgan fingerprint density at radius 2 is 1.90 bits per heavy atom. The number of alkyl halides is 3. The number of ether oxygens (including phenoxy) is 1. The number of morpholine rings is 1. The minimum Gasteiger partial charge on any atom is -0.379 e. The van der Waals surface area contributed by atoms with E-state index in [2.05, 4.69) is 25.8 Å². The molecule has 1 aromatic carbocycles. The molecule has 0 aromatic heterocycles. The predicted octanol–water partition coefficient (Wildman–Crippen LogP) is 0.945. The van der Waals surface area contributed by atoms with Crippen LogP contribution in [0.4, 0.5) is 13.2 Å². The van der Waals surface area contributed by atoms with Gasteiger partial charge in [-0.05, 0) is 36.2 Å². The highest BCUT2D eigenvalue weighted by Crippen LogP contribution is 2.34. The van der Waals surface area contributed by atoms with Gasteiger partial charge in [-0.3, -0.25) is 9.89 Å². The van der Waals surface area contributed by atoms with Crippen molar-refractivity contribution in [2.24, 2.45) is 10.7 Å². The summed E-state index contributed by atoms with van der Waals surface area (Å²) in [5, 5.41) is 9.86. The van der Waals surface area contributed by atoms with Crippen LogP contribution in [-0.2, 0) is 16.6 Å². The predicted molar refractivity (Wildman–Crippen MR) is 108 cm³/mol. The van der Waals surface area contributed by atoms with Crippen molar-refractivity contribution >= 4 is 5.96 Å². The summed E-state index contributed by atoms with van der Waals surface area (Å²) in [6.07, 6.45) is -3.69. The van der Waals surface area contributed by atoms with Gasteiger partial charge in [-0.2, -0.15) is 13.2 Å². The first kappa shape index (κ1) is 21.1. The fourth-order valence-electron chi connectivity index (χ4n) is 4.05. The summed E-state index contributed by atoms with van der Waals surface area (Å²) in [6, 6.07) is 5.03. The molecule has 0 aliphatic carbocycles. The minimum atomic E-state index is -4.38. The van der Waals surface area contributed by atoms with Gasteiger partial charge in [-0.15, -0.1) is 0 Å². The second-order valence-corrected chi connectivity index (χ2v) is 7.70. The third kappa shape index (κ3) is 4.46. The van der Waals surface area contributed by atoms with Crippen molar-refractivity contribution in [1.29, 1.82) is 0 Å². The molecule has 1 fully saturated rings. The zero-order chi connectivity index (χ0) is 21.2. The Bertz CT molecular complexity index is 817. The molecule has 1 atom stereocenters. The molecule has 3 aliphatic heterocycles. The Hall–Kier alpha value is -2.14. The van der Waals surface area contributed by atoms with Crippen LogP contribution in [-0.4, -0.2) is 63.3 Å². The number of aliphatic imine (C=N–C) groups is 1. The first-order chi connectivity index (χ1) is 14.4. The molecule has 0 radical (unpaired) electrons. The fourth-order valence-corrected chi connectivity index (χ4v) is 4.05. The van der Waals surface area contributed by atoms with E-state index < -0.39 is 17.4 Å². The van der Waals surface area contributed by atoms with Crippen molar-refractivity contribution in [3.05, 3.63) is 46.7 Å². The number of rotatable bonds is 4. The van der Waals surface area contributed by atoms with Crippen LogP contribution < -0.4 is 21.7 Å². The van der Waals surface area contributed by atoms with Gasteiger partial charge in [0.1, 0.15) is 5.66 Å². The molecule has 7 nitrogen and oxygen atoms in total. The molecule has 0 amide bonds. The van der Waals surface area contributed by atoms with E-state index in [-0.39, 0.29) is 0 Å². The summed E-state index contributed by atoms with van der Waals surface area (Å²) >= 11 is 0. The number of halogens is 3. The Kier molecular flexibility index (Phi) is 6.01. The number of hydrogen-bond donors (Lipinski definition) is 4. The van der Waals surface area contributed by atoms with Crippen LogP contribution in [0.25, 0.3) is 0 Å². The third-order valence-electron chi connectivity index (χ3n) is 5.74. The molecule has 164 valence electrons. The Morgan fingerprint density at radius 1 is 1.17 bits per heavy atom. The highest BCUT2D eigenvalue weighted by Gasteiger charge is 2.40. The van der Waals surface area contributed by atoms with Crippen molar-refractivity contribution in [3.63, 3.8) is 0 Å². The minimum absolute atomic E-state index is 0.535. The fraction of sp³-hybridized carbons (Fsp3) is 0.550. The van der Waals surface area contributed by atoms with Crippen molar-refractivity contribution in [3.8, 4) is 0 Å². The van der Waals surface area contributed by atoms with Gasteiger partial charge >= 0.3 is 6.18 Å². The third-order valence-corrected chi connectivity index (χ3v) is 5.74. The van der Waals surface area contributed by atoms with Crippen LogP contribution in [0.15, 0.2) is 40.5 Å². The second-order valence-electron chi connectivity index (χ2n) is 7.70. The van der Waals surface area contributed by atoms with Gasteiger partial charge in [-0.25, -0.2) is 0 Å². The van der Waals surface area contributed by atoms with Crippen LogP contribution >= 0.6 is 0 Å². The number of nitrogens with one attached hydrogen (secondary N) is 3. The quantitative estimate of drug-likeness (QED) is 0.576. The van der Waals surface area contributed by atoms with E-state index in [1.165, 1.54) is 12.1 Å². The molecule has 30 heavy (non-hydrogen) atoms. The van der Waals surface area contributed by atoms with Gasteiger partial charge in [0.2, 0.25) is 0 Å². The molecule has 10 heteroatoms. The highest BCUT2D eigenvalue weighted by atomic mass is 19.4. The number of guanidine groups is 1. The molecular weight excluding hydrogens is 397 g/mol. The van der Waals surface area contributed by atoms with E-state index in [4.69, 9.17) is 10.5 Å². The van der Waals surface area contributed by atoms with E-state index in [1.54, 1.807) is 0 Å². The standard InChI is InChI=1S/C20H27F3N6O/c21-20(22,23)15-3-1-14(2-4-15)19(24)16-5-6-25-13-17(16)27-18(28-19)26-7-8-29-9-11-30-12-10-29/h1-4,25H,5-13,24H2,(H2,26,27,28). The summed E-state index contributed by atoms with van der Waals surface area (Å²) in [7, 11) is 0. The summed E-state index contributed by atoms with van der Waals surface area (Å²) in [4.78, 5) is 6.92. The normalized spacial score (nSPS) is 26.9. The van der Waals surface area contributed by atoms with Gasteiger partial charge in [0.25, 0.3) is 0 Å². The molecule has 3 heterocycles. The van der Waals surface area contributed by atoms with Crippen LogP contribution in [0.2, 0.25) is 0 Å². The van der Waals surface area contributed by atoms with E-state index in [1.807, 2.05) is 0 Å². The van der Waals surface area contributed by atoms with Gasteiger partial charge in [0, 0.05) is 31.9 Å². The number of benzene rings is 1. The van der Waals surface area contributed by atoms with Crippen molar-refractivity contribution in [2.45, 2.75) is 18.3 Å². The van der Waals surface area contributed by atoms with Crippen LogP contribution in [0.3, 0.4) is 0 Å². The lowest BCUT2D eigenvalue weighted by Gasteiger charge is -2.43. The molecule has 0 bridgehead atoms. The van der Waals surface area contributed by atoms with E-state index in [0.29, 0.717) is 31.0 Å². The first-order valence-electron chi connectivity index (χ1n) is 10.2. The highest BCUT2D eigenvalue weighted by molar-refractivity contribution is 5.85. The maximum Gasteiger partial charge on any atom is 0.416 e. The van der Waals surface area contributed by atoms with E-state index >= 15 is 0 Å². The van der Waals surface area contributed by atoms with E-state index in [9.17, 15) is 13.2 Å². The molecule has 1 aromatic rings. The molecule has 1 saturated heterocycles. The van der Waals surface area contributed by atoms with Crippen molar-refractivity contribution in [2.75, 3.05) is 52.5 Å². The lowest BCUT2D eigenvalue weighted by atomic mass is 9.85. The Morgan fingerprint density at radius 3 is 2.60 bits per heavy atom. The zero-order valence-corrected chi connectivity index (χ0v) is 16.7. The summed E-state index contributed by atoms with van der Waals surface area (Å²) in [5.41, 5.74) is 7.41. The van der Waals surface area contributed by atoms with Crippen LogP contribution in [0.1, 0.15) is 17.5 Å². The van der Waals surface area contributed by atoms with Gasteiger partial charge < -0.3 is 26.4 Å². The molecule has 1 unspecified atom stereocenters. The average molecular weight is 424 g/mol. The topological polar surface area (TPSA) is 86.9 Å². The SMILES string of the molecule is NC1(c2ccc(C(F)(F)F)cc2)NC(=NCCN2CCOCC2)NC2=C1CCNC2. The Balaban J connectivity index is 1.56. The summed E-state index contributed by atoms with van der Waals surface area (Å²) in [5.74, 6) is 0.535. The monoisotopic (exact) mass is 424 g/mol. The molecule has 3 aliphatic rings. The lowest BCUT2D eigenvalue weighted by molar-refractivity contribution is -0.137. The smallest absolute Gasteiger partial charge is 0.379 e. The van der Waals surface area contributed by atoms with Gasteiger partial charge in [-0.1, -0.05) is 12.1 Å². The number of nitrogens with two attached hydrogens (primary N) is 1. The zero-order valence-electron chi connectivity index (χ0n) is 16.7. The first-order valence-corrected chi connectivity index (χ1v) is 10.2. The number of hydrogen-bond acceptors (Lipinski definition) is 5. The molecule has 5 N–H and O–H groups in total. The maximum absolute atomic E-state index is 13.0. The largest absolute Gasteiger partial charge is 0.416 e. The maximum atomic E-state index is 13.0. The lowest BCUT2D eigenvalue weighted by Crippen LogP contribution is -2.63. The average Bonchev–Trinajstić information content (AvgIpc) is 2.74. The van der Waals surface area contributed by atoms with E-state index in [0.717, 1.165) is 62.8 Å². The van der Waals surface area contributed by atoms with Crippen molar-refractivity contribution in [1.82, 2.24) is 20.9 Å². The Labute approximate surface area is 173 Å². The molecule has 0 spiro atoms. The second kappa shape index (κ2) is 8.54. The van der Waals surface area contributed by atoms with Crippen molar-refractivity contribution < 1.29 is 17.9 Å². The summed E-state index contributed by atoms with van der Waals surface area (Å²) in [6.45, 7) is 5.98. The summed E-state index contributed by atoms with van der Waals surface area (Å²) < 4.78 is 44.3. The molecule has 0 saturated carbocycles. The molecule has 4 rings (SSSR count).